The Balaban J connectivity index is 1.17. The summed E-state index contributed by atoms with van der Waals surface area (Å²) in [6.07, 6.45) is -60.8. The van der Waals surface area contributed by atoms with Gasteiger partial charge in [0.25, 0.3) is 0 Å². The van der Waals surface area contributed by atoms with Gasteiger partial charge in [0.2, 0.25) is 17.7 Å². The fourth-order valence-corrected chi connectivity index (χ4v) is 11.0. The lowest BCUT2D eigenvalue weighted by Gasteiger charge is -2.50. The lowest BCUT2D eigenvalue weighted by atomic mass is 9.94. The van der Waals surface area contributed by atoms with Crippen molar-refractivity contribution in [1.82, 2.24) is 16.0 Å². The second-order valence-corrected chi connectivity index (χ2v) is 21.8. The van der Waals surface area contributed by atoms with Gasteiger partial charge in [-0.2, -0.15) is 0 Å². The number of amides is 3. The summed E-state index contributed by atoms with van der Waals surface area (Å²) in [6, 6.07) is -5.27. The molecule has 0 aromatic carbocycles. The van der Waals surface area contributed by atoms with Gasteiger partial charge in [-0.3, -0.25) is 14.4 Å². The number of rotatable bonds is 21. The second kappa shape index (κ2) is 30.5. The van der Waals surface area contributed by atoms with Crippen LogP contribution in [0.5, 0.6) is 0 Å². The highest BCUT2D eigenvalue weighted by Crippen LogP contribution is 2.37. The Morgan fingerprint density at radius 1 is 0.326 bits per heavy atom. The van der Waals surface area contributed by atoms with Crippen molar-refractivity contribution < 1.29 is 173 Å². The quantitative estimate of drug-likeness (QED) is 0.0507. The Bertz CT molecular complexity index is 2170. The summed E-state index contributed by atoms with van der Waals surface area (Å²) in [5.41, 5.74) is 0. The zero-order chi connectivity index (χ0) is 63.5. The van der Waals surface area contributed by atoms with Gasteiger partial charge in [0.05, 0.1) is 45.7 Å². The molecule has 7 aliphatic rings. The minimum atomic E-state index is -2.31. The molecule has 7 heterocycles. The average Bonchev–Trinajstić information content (AvgIpc) is 0.881. The van der Waals surface area contributed by atoms with Crippen LogP contribution >= 0.6 is 0 Å². The molecule has 3 amide bonds. The zero-order valence-electron chi connectivity index (χ0n) is 46.5. The van der Waals surface area contributed by atoms with Crippen molar-refractivity contribution in [1.29, 1.82) is 0 Å². The molecule has 38 nitrogen and oxygen atoms in total. The number of nitrogens with one attached hydrogen (secondary N) is 3. The Morgan fingerprint density at radius 2 is 0.686 bits per heavy atom. The van der Waals surface area contributed by atoms with Crippen molar-refractivity contribution in [2.24, 2.45) is 0 Å². The van der Waals surface area contributed by atoms with E-state index in [0.717, 1.165) is 20.8 Å². The molecule has 1 unspecified atom stereocenters. The molecular weight excluding hydrogens is 1180 g/mol. The Kier molecular flexibility index (Phi) is 25.0. The Labute approximate surface area is 488 Å². The highest BCUT2D eigenvalue weighted by molar-refractivity contribution is 5.74. The van der Waals surface area contributed by atoms with E-state index in [0.29, 0.717) is 0 Å². The van der Waals surface area contributed by atoms with Crippen LogP contribution in [0.4, 0.5) is 0 Å². The van der Waals surface area contributed by atoms with Gasteiger partial charge in [0.15, 0.2) is 44.0 Å². The van der Waals surface area contributed by atoms with Gasteiger partial charge in [-0.05, 0) is 6.92 Å². The van der Waals surface area contributed by atoms with Crippen molar-refractivity contribution in [3.8, 4) is 0 Å². The van der Waals surface area contributed by atoms with E-state index in [1.54, 1.807) is 0 Å². The molecule has 0 aliphatic carbocycles. The number of aliphatic hydroxyl groups excluding tert-OH is 19. The number of ether oxygens (including phenoxy) is 13. The summed E-state index contributed by atoms with van der Waals surface area (Å²) in [5.74, 6) is -2.52. The van der Waals surface area contributed by atoms with Crippen LogP contribution in [-0.2, 0) is 76.0 Å². The predicted octanol–water partition coefficient (Wildman–Crippen LogP) is -14.8. The summed E-state index contributed by atoms with van der Waals surface area (Å²) in [7, 11) is 0. The number of aliphatic hydroxyl groups is 19. The third kappa shape index (κ3) is 15.4. The minimum absolute atomic E-state index is 0.779. The Morgan fingerprint density at radius 3 is 1.20 bits per heavy atom. The Hall–Kier alpha value is -2.87. The van der Waals surface area contributed by atoms with Crippen LogP contribution < -0.4 is 16.0 Å². The molecule has 0 aromatic heterocycles. The van der Waals surface area contributed by atoms with Crippen LogP contribution in [0, 0.1) is 0 Å². The van der Waals surface area contributed by atoms with Gasteiger partial charge in [0, 0.05) is 20.8 Å². The molecule has 7 aliphatic heterocycles. The first-order chi connectivity index (χ1) is 40.6. The van der Waals surface area contributed by atoms with Gasteiger partial charge in [-0.15, -0.1) is 0 Å². The molecule has 22 N–H and O–H groups in total. The van der Waals surface area contributed by atoms with E-state index in [1.165, 1.54) is 6.92 Å². The molecule has 86 heavy (non-hydrogen) atoms. The largest absolute Gasteiger partial charge is 0.394 e. The third-order valence-electron chi connectivity index (χ3n) is 15.7. The van der Waals surface area contributed by atoms with Crippen molar-refractivity contribution >= 4 is 17.7 Å². The molecule has 498 valence electrons. The van der Waals surface area contributed by atoms with E-state index in [9.17, 15) is 111 Å². The highest BCUT2D eigenvalue weighted by Gasteiger charge is 2.58. The molecule has 0 bridgehead atoms. The fraction of sp³-hybridized carbons (Fsp3) is 0.938. The third-order valence-corrected chi connectivity index (χ3v) is 15.7. The topological polar surface area (TPSA) is 592 Å². The minimum Gasteiger partial charge on any atom is -0.394 e. The van der Waals surface area contributed by atoms with Crippen LogP contribution in [0.25, 0.3) is 0 Å². The van der Waals surface area contributed by atoms with Gasteiger partial charge in [-0.25, -0.2) is 0 Å². The molecule has 7 saturated heterocycles. The van der Waals surface area contributed by atoms with Crippen molar-refractivity contribution in [2.75, 3.05) is 39.6 Å². The van der Waals surface area contributed by atoms with E-state index < -0.39 is 272 Å². The van der Waals surface area contributed by atoms with Crippen LogP contribution in [0.3, 0.4) is 0 Å². The van der Waals surface area contributed by atoms with Crippen LogP contribution in [0.15, 0.2) is 0 Å². The smallest absolute Gasteiger partial charge is 0.217 e. The van der Waals surface area contributed by atoms with Crippen molar-refractivity contribution in [3.05, 3.63) is 0 Å². The van der Waals surface area contributed by atoms with Crippen LogP contribution in [-0.4, -0.2) is 369 Å². The van der Waals surface area contributed by atoms with Crippen molar-refractivity contribution in [3.63, 3.8) is 0 Å². The first-order valence-corrected chi connectivity index (χ1v) is 27.5. The molecule has 35 atom stereocenters. The summed E-state index contributed by atoms with van der Waals surface area (Å²) in [6.45, 7) is -1.63. The van der Waals surface area contributed by atoms with E-state index in [-0.39, 0.29) is 0 Å². The predicted molar refractivity (Wildman–Crippen MR) is 265 cm³/mol. The van der Waals surface area contributed by atoms with Crippen LogP contribution in [0.1, 0.15) is 27.7 Å². The molecule has 0 radical (unpaired) electrons. The molecule has 38 heteroatoms. The maximum atomic E-state index is 12.8. The monoisotopic (exact) mass is 1260 g/mol. The first-order valence-electron chi connectivity index (χ1n) is 27.5. The van der Waals surface area contributed by atoms with E-state index in [1.807, 2.05) is 0 Å². The normalized spacial score (nSPS) is 49.4. The summed E-state index contributed by atoms with van der Waals surface area (Å²) in [4.78, 5) is 37.7. The number of hydrogen-bond donors (Lipinski definition) is 22. The molecule has 7 rings (SSSR count). The van der Waals surface area contributed by atoms with Gasteiger partial charge in [0.1, 0.15) is 165 Å². The van der Waals surface area contributed by atoms with E-state index in [2.05, 4.69) is 16.0 Å². The molecule has 0 saturated carbocycles. The molecule has 0 aromatic rings. The van der Waals surface area contributed by atoms with E-state index >= 15 is 0 Å². The maximum Gasteiger partial charge on any atom is 0.217 e. The number of hydrogen-bond acceptors (Lipinski definition) is 35. The average molecular weight is 1260 g/mol. The summed E-state index contributed by atoms with van der Waals surface area (Å²) >= 11 is 0. The molecule has 7 fully saturated rings. The summed E-state index contributed by atoms with van der Waals surface area (Å²) in [5, 5.41) is 214. The van der Waals surface area contributed by atoms with Crippen molar-refractivity contribution in [2.45, 2.75) is 242 Å². The SMILES string of the molecule is CC(=O)N[C@H]1[C@H](O[C@H]2[C@@H](O)[C@@H](CO[C@@H]3O[C@H](CO)[C@@H](O[C@@H]4O[C@H](CO)[C@H](O)[C@H](O)[C@H]4O[C@@H]4O[C@@H](C)[C@@H](O)[C@@H](O)[C@@H]4O)[C@H](O)[C@H]3NC(C)=O)O[C@@H](O[C@H]3[C@H](O)[C@@H](NC(C)=O)C(O)O[C@@H]3CO)[C@@H]2O)O[C@H](CO)[C@@H](O[C@@H]2O[C@H](CO)[C@H](O)[C@H](O)[C@H]2O)[C@@H]1O. The van der Waals surface area contributed by atoms with Gasteiger partial charge in [-0.1, -0.05) is 0 Å². The second-order valence-electron chi connectivity index (χ2n) is 21.8. The highest BCUT2D eigenvalue weighted by atomic mass is 16.8. The zero-order valence-corrected chi connectivity index (χ0v) is 46.5. The molecular formula is C48H81N3O35. The standard InChI is InChI=1S/C48H81N3O35/c1-11-24(60)31(67)34(70)45(75-11)86-41-33(69)26(62)16(6-53)78-48(41)84-39-18(8-55)79-43(22(29(39)65)50-13(3)58)74-10-20-27(63)40(36(72)47(81-20)83-37-17(7-54)76-42(73)21(28(37)64)49-12(2)57)85-44-23(51-14(4)59)30(66)38(19(9-56)80-44)82-46-35(71)32(68)25(61)15(5-52)77-46/h11,15-48,52-56,60-73H,5-10H2,1-4H3,(H,49,57)(H,50,58)(H,51,59)/t11-,15+,16+,17+,18+,19+,20+,21+,22+,23+,24+,25-,26-,27-,28+,29+,30+,31+,32-,33-,34-,35+,36+,37+,38+,39+,40-,41+,42?,43+,44-,45-,46-,47-,48-/m0/s1. The number of carbonyl (C=O) groups excluding carboxylic acids is 3. The summed E-state index contributed by atoms with van der Waals surface area (Å²) < 4.78 is 75.7. The van der Waals surface area contributed by atoms with Gasteiger partial charge < -0.3 is 175 Å². The van der Waals surface area contributed by atoms with E-state index in [4.69, 9.17) is 61.6 Å². The lowest BCUT2D eigenvalue weighted by molar-refractivity contribution is -0.387. The maximum absolute atomic E-state index is 12.8. The van der Waals surface area contributed by atoms with Crippen LogP contribution in [0.2, 0.25) is 0 Å². The number of carbonyl (C=O) groups is 3. The fourth-order valence-electron chi connectivity index (χ4n) is 11.0. The first kappa shape index (κ1) is 70.6. The van der Waals surface area contributed by atoms with Gasteiger partial charge >= 0.3 is 0 Å². The molecule has 0 spiro atoms. The lowest BCUT2D eigenvalue weighted by Crippen LogP contribution is -2.70.